The number of benzene rings is 1. The van der Waals surface area contributed by atoms with Crippen LogP contribution in [0.1, 0.15) is 31.7 Å². The Labute approximate surface area is 189 Å². The zero-order chi connectivity index (χ0) is 23.2. The number of esters is 1. The van der Waals surface area contributed by atoms with E-state index < -0.39 is 12.0 Å². The molecule has 3 unspecified atom stereocenters. The number of nitrogens with one attached hydrogen (secondary N) is 2. The summed E-state index contributed by atoms with van der Waals surface area (Å²) in [5.74, 6) is -1.59. The van der Waals surface area contributed by atoms with Crippen LogP contribution in [0.5, 0.6) is 0 Å². The number of carbonyl (C=O) groups is 3. The lowest BCUT2D eigenvalue weighted by Gasteiger charge is -2.22. The summed E-state index contributed by atoms with van der Waals surface area (Å²) in [4.78, 5) is 37.5. The van der Waals surface area contributed by atoms with E-state index in [1.165, 1.54) is 0 Å². The van der Waals surface area contributed by atoms with Crippen molar-refractivity contribution in [3.63, 3.8) is 0 Å². The molecule has 1 heterocycles. The monoisotopic (exact) mass is 446 g/mol. The predicted molar refractivity (Wildman–Crippen MR) is 120 cm³/mol. The number of carbonyl (C=O) groups excluding carboxylic acids is 3. The summed E-state index contributed by atoms with van der Waals surface area (Å²) in [7, 11) is 0. The summed E-state index contributed by atoms with van der Waals surface area (Å²) in [5, 5.41) is 14.2. The van der Waals surface area contributed by atoms with Crippen LogP contribution in [0.3, 0.4) is 0 Å². The fraction of sp³-hybridized carbons (Fsp3) is 0.542. The molecule has 0 aromatic heterocycles. The topological polar surface area (TPSA) is 114 Å². The average Bonchev–Trinajstić information content (AvgIpc) is 2.78. The highest BCUT2D eigenvalue weighted by Gasteiger charge is 2.25. The molecule has 0 bridgehead atoms. The molecule has 2 amide bonds. The summed E-state index contributed by atoms with van der Waals surface area (Å²) in [6, 6.07) is 9.80. The maximum atomic E-state index is 12.7. The SMILES string of the molecule is CC1CNC(=O)C(CC(=O)NCCOCCO)CC=CCC(Cc2ccccc2)C(=O)O1. The highest BCUT2D eigenvalue weighted by molar-refractivity contribution is 5.86. The number of amides is 2. The Balaban J connectivity index is 1.97. The number of hydrogen-bond donors (Lipinski definition) is 3. The Morgan fingerprint density at radius 2 is 1.88 bits per heavy atom. The van der Waals surface area contributed by atoms with Crippen molar-refractivity contribution in [3.05, 3.63) is 48.0 Å². The van der Waals surface area contributed by atoms with Gasteiger partial charge in [0.1, 0.15) is 6.10 Å². The van der Waals surface area contributed by atoms with Gasteiger partial charge in [0.15, 0.2) is 0 Å². The van der Waals surface area contributed by atoms with Gasteiger partial charge in [-0.3, -0.25) is 14.4 Å². The van der Waals surface area contributed by atoms with E-state index in [2.05, 4.69) is 10.6 Å². The van der Waals surface area contributed by atoms with Crippen LogP contribution in [0.15, 0.2) is 42.5 Å². The predicted octanol–water partition coefficient (Wildman–Crippen LogP) is 1.37. The van der Waals surface area contributed by atoms with Crippen LogP contribution in [0.4, 0.5) is 0 Å². The Morgan fingerprint density at radius 1 is 1.16 bits per heavy atom. The lowest BCUT2D eigenvalue weighted by molar-refractivity contribution is -0.153. The standard InChI is InChI=1S/C24H34N2O6/c1-18-17-26-23(29)20(16-22(28)25-11-13-31-14-12-27)9-5-6-10-21(24(30)32-18)15-19-7-3-2-4-8-19/h2-8,18,20-21,27H,9-17H2,1H3,(H,25,28)(H,26,29). The lowest BCUT2D eigenvalue weighted by atomic mass is 9.94. The van der Waals surface area contributed by atoms with Crippen molar-refractivity contribution in [2.45, 2.75) is 38.7 Å². The van der Waals surface area contributed by atoms with Crippen molar-refractivity contribution < 1.29 is 29.0 Å². The summed E-state index contributed by atoms with van der Waals surface area (Å²) in [5.41, 5.74) is 1.06. The molecule has 0 saturated heterocycles. The van der Waals surface area contributed by atoms with E-state index in [1.54, 1.807) is 6.92 Å². The van der Waals surface area contributed by atoms with Gasteiger partial charge >= 0.3 is 5.97 Å². The van der Waals surface area contributed by atoms with Crippen LogP contribution in [-0.4, -0.2) is 61.9 Å². The summed E-state index contributed by atoms with van der Waals surface area (Å²) in [6.45, 7) is 2.71. The van der Waals surface area contributed by atoms with E-state index in [0.717, 1.165) is 5.56 Å². The molecule has 3 N–H and O–H groups in total. The molecule has 0 fully saturated rings. The molecule has 3 atom stereocenters. The quantitative estimate of drug-likeness (QED) is 0.300. The van der Waals surface area contributed by atoms with Gasteiger partial charge in [-0.25, -0.2) is 0 Å². The smallest absolute Gasteiger partial charge is 0.309 e. The minimum atomic E-state index is -0.514. The summed E-state index contributed by atoms with van der Waals surface area (Å²) >= 11 is 0. The first-order valence-corrected chi connectivity index (χ1v) is 11.1. The molecule has 0 radical (unpaired) electrons. The van der Waals surface area contributed by atoms with E-state index in [9.17, 15) is 14.4 Å². The first kappa shape index (κ1) is 25.5. The van der Waals surface area contributed by atoms with Crippen LogP contribution < -0.4 is 10.6 Å². The molecule has 0 saturated carbocycles. The summed E-state index contributed by atoms with van der Waals surface area (Å²) in [6.07, 6.45) is 4.82. The molecule has 0 spiro atoms. The first-order valence-electron chi connectivity index (χ1n) is 11.1. The molecule has 0 aliphatic carbocycles. The molecule has 32 heavy (non-hydrogen) atoms. The van der Waals surface area contributed by atoms with Crippen LogP contribution >= 0.6 is 0 Å². The zero-order valence-corrected chi connectivity index (χ0v) is 18.6. The fourth-order valence-corrected chi connectivity index (χ4v) is 3.42. The number of aliphatic hydroxyl groups excluding tert-OH is 1. The molecule has 1 aromatic carbocycles. The number of allylic oxidation sites excluding steroid dienone is 2. The maximum absolute atomic E-state index is 12.7. The molecule has 8 nitrogen and oxygen atoms in total. The fourth-order valence-electron chi connectivity index (χ4n) is 3.42. The largest absolute Gasteiger partial charge is 0.461 e. The Kier molecular flexibility index (Phi) is 11.5. The third-order valence-corrected chi connectivity index (χ3v) is 5.15. The third kappa shape index (κ3) is 9.62. The second kappa shape index (κ2) is 14.4. The first-order chi connectivity index (χ1) is 15.5. The van der Waals surface area contributed by atoms with Gasteiger partial charge in [-0.2, -0.15) is 0 Å². The molecule has 1 aliphatic heterocycles. The highest BCUT2D eigenvalue weighted by atomic mass is 16.5. The number of aliphatic hydroxyl groups is 1. The van der Waals surface area contributed by atoms with E-state index in [4.69, 9.17) is 14.6 Å². The van der Waals surface area contributed by atoms with Crippen molar-refractivity contribution >= 4 is 17.8 Å². The van der Waals surface area contributed by atoms with Gasteiger partial charge in [0.2, 0.25) is 11.8 Å². The third-order valence-electron chi connectivity index (χ3n) is 5.15. The lowest BCUT2D eigenvalue weighted by Crippen LogP contribution is -2.40. The van der Waals surface area contributed by atoms with Gasteiger partial charge in [0, 0.05) is 13.0 Å². The van der Waals surface area contributed by atoms with Crippen LogP contribution in [0.25, 0.3) is 0 Å². The second-order valence-electron chi connectivity index (χ2n) is 7.91. The van der Waals surface area contributed by atoms with Gasteiger partial charge in [0.25, 0.3) is 0 Å². The van der Waals surface area contributed by atoms with E-state index in [0.29, 0.717) is 32.4 Å². The molecule has 176 valence electrons. The van der Waals surface area contributed by atoms with Crippen molar-refractivity contribution in [2.75, 3.05) is 32.9 Å². The average molecular weight is 447 g/mol. The zero-order valence-electron chi connectivity index (χ0n) is 18.6. The van der Waals surface area contributed by atoms with Crippen LogP contribution in [0.2, 0.25) is 0 Å². The van der Waals surface area contributed by atoms with Gasteiger partial charge in [0.05, 0.1) is 38.2 Å². The molecular formula is C24H34N2O6. The second-order valence-corrected chi connectivity index (χ2v) is 7.91. The number of cyclic esters (lactones) is 1. The Bertz CT molecular complexity index is 752. The molecular weight excluding hydrogens is 412 g/mol. The molecule has 2 rings (SSSR count). The Hall–Kier alpha value is -2.71. The summed E-state index contributed by atoms with van der Waals surface area (Å²) < 4.78 is 10.7. The van der Waals surface area contributed by atoms with E-state index in [1.807, 2.05) is 42.5 Å². The van der Waals surface area contributed by atoms with Crippen molar-refractivity contribution in [3.8, 4) is 0 Å². The maximum Gasteiger partial charge on any atom is 0.309 e. The minimum Gasteiger partial charge on any atom is -0.461 e. The van der Waals surface area contributed by atoms with Gasteiger partial charge in [-0.1, -0.05) is 42.5 Å². The van der Waals surface area contributed by atoms with Crippen LogP contribution in [0, 0.1) is 11.8 Å². The van der Waals surface area contributed by atoms with Crippen molar-refractivity contribution in [1.82, 2.24) is 10.6 Å². The van der Waals surface area contributed by atoms with Crippen molar-refractivity contribution in [2.24, 2.45) is 11.8 Å². The molecule has 1 aromatic rings. The van der Waals surface area contributed by atoms with Crippen molar-refractivity contribution in [1.29, 1.82) is 0 Å². The van der Waals surface area contributed by atoms with Gasteiger partial charge in [-0.05, 0) is 31.7 Å². The minimum absolute atomic E-state index is 0.0534. The van der Waals surface area contributed by atoms with Crippen LogP contribution in [-0.2, 0) is 30.3 Å². The normalized spacial score (nSPS) is 22.2. The number of ether oxygens (including phenoxy) is 2. The molecule has 8 heteroatoms. The van der Waals surface area contributed by atoms with Gasteiger partial charge in [-0.15, -0.1) is 0 Å². The Morgan fingerprint density at radius 3 is 2.59 bits per heavy atom. The van der Waals surface area contributed by atoms with Gasteiger partial charge < -0.3 is 25.2 Å². The van der Waals surface area contributed by atoms with E-state index in [-0.39, 0.29) is 49.9 Å². The highest BCUT2D eigenvalue weighted by Crippen LogP contribution is 2.18. The molecule has 1 aliphatic rings. The number of hydrogen-bond acceptors (Lipinski definition) is 6. The van der Waals surface area contributed by atoms with E-state index >= 15 is 0 Å². The number of rotatable bonds is 9.